The molecule has 3 N–H and O–H groups in total. The van der Waals surface area contributed by atoms with Gasteiger partial charge in [-0.05, 0) is 30.0 Å². The van der Waals surface area contributed by atoms with Crippen LogP contribution in [0, 0.1) is 0 Å². The normalized spacial score (nSPS) is 13.4. The predicted molar refractivity (Wildman–Crippen MR) is 98.1 cm³/mol. The number of aliphatic hydroxyl groups is 1. The van der Waals surface area contributed by atoms with E-state index in [1.165, 1.54) is 0 Å². The van der Waals surface area contributed by atoms with Crippen molar-refractivity contribution in [1.29, 1.82) is 0 Å². The van der Waals surface area contributed by atoms with Crippen LogP contribution in [0.2, 0.25) is 0 Å². The molecule has 0 saturated carbocycles. The van der Waals surface area contributed by atoms with Gasteiger partial charge in [-0.25, -0.2) is 4.79 Å². The van der Waals surface area contributed by atoms with E-state index in [9.17, 15) is 9.90 Å². The van der Waals surface area contributed by atoms with Crippen molar-refractivity contribution < 1.29 is 9.90 Å². The van der Waals surface area contributed by atoms with Crippen LogP contribution >= 0.6 is 11.3 Å². The van der Waals surface area contributed by atoms with Crippen molar-refractivity contribution in [2.75, 3.05) is 6.54 Å². The maximum Gasteiger partial charge on any atom is 0.315 e. The van der Waals surface area contributed by atoms with E-state index in [-0.39, 0.29) is 12.6 Å². The lowest BCUT2D eigenvalue weighted by molar-refractivity contribution is 0.0632. The Kier molecular flexibility index (Phi) is 4.83. The number of benzene rings is 2. The number of nitrogens with one attached hydrogen (secondary N) is 2. The number of amides is 2. The highest BCUT2D eigenvalue weighted by atomic mass is 32.1. The fourth-order valence-electron chi connectivity index (χ4n) is 2.43. The van der Waals surface area contributed by atoms with Gasteiger partial charge < -0.3 is 15.7 Å². The third kappa shape index (κ3) is 3.93. The van der Waals surface area contributed by atoms with E-state index in [2.05, 4.69) is 10.6 Å². The highest BCUT2D eigenvalue weighted by Crippen LogP contribution is 2.32. The highest BCUT2D eigenvalue weighted by molar-refractivity contribution is 7.19. The molecule has 2 amide bonds. The van der Waals surface area contributed by atoms with E-state index in [4.69, 9.17) is 0 Å². The maximum atomic E-state index is 11.9. The van der Waals surface area contributed by atoms with Crippen molar-refractivity contribution in [3.05, 3.63) is 71.1 Å². The highest BCUT2D eigenvalue weighted by Gasteiger charge is 2.26. The largest absolute Gasteiger partial charge is 0.383 e. The van der Waals surface area contributed by atoms with Crippen molar-refractivity contribution in [2.24, 2.45) is 0 Å². The first kappa shape index (κ1) is 16.5. The van der Waals surface area contributed by atoms with Gasteiger partial charge in [0.1, 0.15) is 5.60 Å². The number of hydrogen-bond donors (Lipinski definition) is 3. The lowest BCUT2D eigenvalue weighted by Gasteiger charge is -2.22. The summed E-state index contributed by atoms with van der Waals surface area (Å²) in [6.07, 6.45) is 0. The average molecular weight is 340 g/mol. The van der Waals surface area contributed by atoms with Crippen LogP contribution in [0.1, 0.15) is 17.4 Å². The third-order valence-electron chi connectivity index (χ3n) is 3.85. The summed E-state index contributed by atoms with van der Waals surface area (Å²) >= 11 is 1.54. The number of hydrogen-bond acceptors (Lipinski definition) is 3. The van der Waals surface area contributed by atoms with Crippen LogP contribution in [0.15, 0.2) is 60.7 Å². The standard InChI is InChI=1S/C19H20N2O2S/c1-19(23,17-11-15-9-5-6-10-16(15)24-17)13-21-18(22)20-12-14-7-3-2-4-8-14/h2-11,23H,12-13H2,1H3,(H2,20,21,22). The lowest BCUT2D eigenvalue weighted by atomic mass is 10.0. The molecule has 3 rings (SSSR count). The molecule has 0 saturated heterocycles. The van der Waals surface area contributed by atoms with Crippen molar-refractivity contribution in [3.8, 4) is 0 Å². The molecule has 1 heterocycles. The zero-order valence-corrected chi connectivity index (χ0v) is 14.3. The molecule has 24 heavy (non-hydrogen) atoms. The summed E-state index contributed by atoms with van der Waals surface area (Å²) in [5, 5.41) is 17.3. The van der Waals surface area contributed by atoms with Gasteiger partial charge in [0.15, 0.2) is 0 Å². The van der Waals surface area contributed by atoms with Crippen molar-refractivity contribution in [2.45, 2.75) is 19.1 Å². The van der Waals surface area contributed by atoms with Crippen LogP contribution in [0.5, 0.6) is 0 Å². The van der Waals surface area contributed by atoms with Crippen molar-refractivity contribution >= 4 is 27.5 Å². The molecule has 5 heteroatoms. The molecular weight excluding hydrogens is 320 g/mol. The van der Waals surface area contributed by atoms with Crippen molar-refractivity contribution in [1.82, 2.24) is 10.6 Å². The summed E-state index contributed by atoms with van der Waals surface area (Å²) in [6, 6.07) is 19.4. The molecule has 1 unspecified atom stereocenters. The minimum absolute atomic E-state index is 0.153. The molecule has 0 spiro atoms. The van der Waals surface area contributed by atoms with Gasteiger partial charge in [-0.2, -0.15) is 0 Å². The van der Waals surface area contributed by atoms with Crippen LogP contribution in [-0.2, 0) is 12.1 Å². The minimum atomic E-state index is -1.10. The smallest absolute Gasteiger partial charge is 0.315 e. The van der Waals surface area contributed by atoms with E-state index in [1.54, 1.807) is 18.3 Å². The van der Waals surface area contributed by atoms with Gasteiger partial charge in [0, 0.05) is 16.1 Å². The van der Waals surface area contributed by atoms with Crippen LogP contribution in [0.3, 0.4) is 0 Å². The quantitative estimate of drug-likeness (QED) is 0.664. The first-order valence-electron chi connectivity index (χ1n) is 7.82. The lowest BCUT2D eigenvalue weighted by Crippen LogP contribution is -2.42. The van der Waals surface area contributed by atoms with E-state index in [0.717, 1.165) is 20.5 Å². The molecule has 3 aromatic rings. The number of thiophene rings is 1. The predicted octanol–water partition coefficient (Wildman–Crippen LogP) is 3.61. The third-order valence-corrected chi connectivity index (χ3v) is 5.21. The molecule has 0 bridgehead atoms. The van der Waals surface area contributed by atoms with Crippen molar-refractivity contribution in [3.63, 3.8) is 0 Å². The number of urea groups is 1. The fraction of sp³-hybridized carbons (Fsp3) is 0.211. The van der Waals surface area contributed by atoms with E-state index in [1.807, 2.05) is 60.7 Å². The molecule has 0 radical (unpaired) electrons. The summed E-state index contributed by atoms with van der Waals surface area (Å²) in [4.78, 5) is 12.8. The van der Waals surface area contributed by atoms with Gasteiger partial charge in [-0.15, -0.1) is 11.3 Å². The minimum Gasteiger partial charge on any atom is -0.383 e. The van der Waals surface area contributed by atoms with Gasteiger partial charge in [0.05, 0.1) is 6.54 Å². The summed E-state index contributed by atoms with van der Waals surface area (Å²) in [7, 11) is 0. The monoisotopic (exact) mass is 340 g/mol. The summed E-state index contributed by atoms with van der Waals surface area (Å²) < 4.78 is 1.13. The van der Waals surface area contributed by atoms with Crippen LogP contribution in [-0.4, -0.2) is 17.7 Å². The zero-order valence-electron chi connectivity index (χ0n) is 13.5. The van der Waals surface area contributed by atoms with Gasteiger partial charge in [-0.1, -0.05) is 48.5 Å². The summed E-state index contributed by atoms with van der Waals surface area (Å²) in [6.45, 7) is 2.33. The number of fused-ring (bicyclic) bond motifs is 1. The summed E-state index contributed by atoms with van der Waals surface area (Å²) in [5.41, 5.74) is -0.0720. The Hall–Kier alpha value is -2.37. The molecule has 124 valence electrons. The molecule has 0 aliphatic heterocycles. The van der Waals surface area contributed by atoms with Gasteiger partial charge in [-0.3, -0.25) is 0 Å². The molecule has 4 nitrogen and oxygen atoms in total. The Bertz CT molecular complexity index is 795. The molecule has 1 aromatic heterocycles. The second-order valence-corrected chi connectivity index (χ2v) is 7.03. The second kappa shape index (κ2) is 7.03. The molecule has 1 atom stereocenters. The molecular formula is C19H20N2O2S. The SMILES string of the molecule is CC(O)(CNC(=O)NCc1ccccc1)c1cc2ccccc2s1. The zero-order chi connectivity index (χ0) is 17.0. The number of rotatable bonds is 5. The van der Waals surface area contributed by atoms with Crippen LogP contribution in [0.25, 0.3) is 10.1 Å². The molecule has 0 aliphatic carbocycles. The number of carbonyl (C=O) groups is 1. The Labute approximate surface area is 145 Å². The van der Waals surface area contributed by atoms with Gasteiger partial charge >= 0.3 is 6.03 Å². The first-order chi connectivity index (χ1) is 11.5. The van der Waals surface area contributed by atoms with Crippen LogP contribution < -0.4 is 10.6 Å². The van der Waals surface area contributed by atoms with E-state index < -0.39 is 5.60 Å². The van der Waals surface area contributed by atoms with Crippen LogP contribution in [0.4, 0.5) is 4.79 Å². The molecule has 2 aromatic carbocycles. The topological polar surface area (TPSA) is 61.4 Å². The fourth-order valence-corrected chi connectivity index (χ4v) is 3.53. The summed E-state index contributed by atoms with van der Waals surface area (Å²) in [5.74, 6) is 0. The van der Waals surface area contributed by atoms with E-state index >= 15 is 0 Å². The molecule has 0 fully saturated rings. The maximum absolute atomic E-state index is 11.9. The first-order valence-corrected chi connectivity index (χ1v) is 8.63. The average Bonchev–Trinajstić information content (AvgIpc) is 3.04. The Balaban J connectivity index is 1.57. The van der Waals surface area contributed by atoms with Gasteiger partial charge in [0.2, 0.25) is 0 Å². The van der Waals surface area contributed by atoms with Gasteiger partial charge in [0.25, 0.3) is 0 Å². The molecule has 0 aliphatic rings. The Morgan fingerprint density at radius 1 is 1.08 bits per heavy atom. The Morgan fingerprint density at radius 3 is 2.54 bits per heavy atom. The number of carbonyl (C=O) groups excluding carboxylic acids is 1. The Morgan fingerprint density at radius 2 is 1.79 bits per heavy atom. The second-order valence-electron chi connectivity index (χ2n) is 5.94. The van der Waals surface area contributed by atoms with E-state index in [0.29, 0.717) is 6.54 Å².